The maximum absolute atomic E-state index is 9.10. The Labute approximate surface area is 707 Å². The van der Waals surface area contributed by atoms with Crippen molar-refractivity contribution < 1.29 is 38.3 Å². The zero-order valence-electron chi connectivity index (χ0n) is 79.0. The molecule has 0 spiro atoms. The highest BCUT2D eigenvalue weighted by Crippen LogP contribution is 2.65. The van der Waals surface area contributed by atoms with E-state index in [0.29, 0.717) is 22.1 Å². The molecule has 658 valence electrons. The van der Waals surface area contributed by atoms with Crippen LogP contribution < -0.4 is 33.8 Å². The molecule has 0 aromatic heterocycles. The smallest absolute Gasteiger partial charge is 0.0763 e. The van der Waals surface area contributed by atoms with Crippen molar-refractivity contribution in [3.05, 3.63) is 0 Å². The van der Waals surface area contributed by atoms with E-state index in [1.54, 1.807) is 0 Å². The monoisotopic (exact) mass is 1710 g/mol. The van der Waals surface area contributed by atoms with E-state index < -0.39 is 29.4 Å². The Morgan fingerprint density at radius 3 is 0.315 bits per heavy atom. The summed E-state index contributed by atoms with van der Waals surface area (Å²) < 4.78 is 9.10. The molecule has 0 saturated carbocycles. The largest absolute Gasteiger partial charge is 1.00 e. The lowest BCUT2D eigenvalue weighted by Gasteiger charge is -2.36. The minimum Gasteiger partial charge on any atom is -1.00 e. The maximum atomic E-state index is 9.10. The number of halogens is 1. The molecule has 0 fully saturated rings. The van der Waals surface area contributed by atoms with E-state index in [1.807, 2.05) is 0 Å². The normalized spacial score (nSPS) is 12.4. The molecule has 0 radical (unpaired) electrons. The molecule has 108 heavy (non-hydrogen) atoms. The Kier molecular flexibility index (Phi) is 94.1. The van der Waals surface area contributed by atoms with Crippen LogP contribution in [0.4, 0.5) is 0 Å². The zero-order chi connectivity index (χ0) is 80.7. The van der Waals surface area contributed by atoms with E-state index in [4.69, 9.17) is 14.4 Å². The molecule has 0 aromatic carbocycles. The molecule has 0 aliphatic heterocycles. The van der Waals surface area contributed by atoms with Crippen LogP contribution in [-0.2, 0) is 4.57 Å². The topological polar surface area (TPSA) is 63.2 Å². The highest BCUT2D eigenvalue weighted by Gasteiger charge is 2.44. The summed E-state index contributed by atoms with van der Waals surface area (Å²) >= 11 is 0. The second-order valence-electron chi connectivity index (χ2n) is 39.1. The van der Waals surface area contributed by atoms with Gasteiger partial charge in [0.15, 0.2) is 0 Å². The van der Waals surface area contributed by atoms with Crippen molar-refractivity contribution in [3.8, 4) is 0 Å². The van der Waals surface area contributed by atoms with Gasteiger partial charge in [0.25, 0.3) is 0 Å². The average Bonchev–Trinajstić information content (AvgIpc) is 0.842. The van der Waals surface area contributed by atoms with Crippen LogP contribution in [0.25, 0.3) is 0 Å². The first kappa shape index (κ1) is 119. The fraction of sp³-hybridized carbons (Fsp3) is 1.00. The lowest BCUT2D eigenvalue weighted by Crippen LogP contribution is -3.00. The van der Waals surface area contributed by atoms with Crippen LogP contribution in [0.2, 0.25) is 0 Å². The average molecular weight is 1710 g/mol. The van der Waals surface area contributed by atoms with E-state index in [1.165, 1.54) is 501 Å². The lowest BCUT2D eigenvalue weighted by molar-refractivity contribution is -0.311. The van der Waals surface area contributed by atoms with Gasteiger partial charge in [-0.15, -0.1) is 0 Å². The molecule has 0 aliphatic carbocycles. The number of rotatable bonds is 81. The molecule has 0 N–H and O–H groups in total. The van der Waals surface area contributed by atoms with Gasteiger partial charge in [0.05, 0.1) is 15.5 Å². The fourth-order valence-electron chi connectivity index (χ4n) is 16.5. The SMILES string of the molecule is CCCCCCCCCCCCCCC(C)(CCCCCCCCCCCCCC)[P+](C)(C)C.CCCCCCCCCCCCCCC(C)(CCCCCCCCCCCCCC)[P+](C)(C)C.CCCCCCCCCCCCCCC(C)(CCCCCCCCCCCCCC)[P+](C)(C)C.CP(=O)([O-])[O-].[I-]. The van der Waals surface area contributed by atoms with Gasteiger partial charge in [0, 0.05) is 81.8 Å². The van der Waals surface area contributed by atoms with Crippen LogP contribution in [-0.4, -0.2) is 82.1 Å². The van der Waals surface area contributed by atoms with Crippen molar-refractivity contribution >= 4 is 29.4 Å². The van der Waals surface area contributed by atoms with Crippen molar-refractivity contribution in [2.24, 2.45) is 0 Å². The summed E-state index contributed by atoms with van der Waals surface area (Å²) in [6.45, 7) is 45.9. The third-order valence-electron chi connectivity index (χ3n) is 26.3. The molecule has 0 atom stereocenters. The predicted molar refractivity (Wildman–Crippen MR) is 507 cm³/mol. The van der Waals surface area contributed by atoms with Crippen molar-refractivity contribution in [3.63, 3.8) is 0 Å². The van der Waals surface area contributed by atoms with E-state index in [2.05, 4.69) is 122 Å². The highest BCUT2D eigenvalue weighted by atomic mass is 127. The molecule has 0 bridgehead atoms. The van der Waals surface area contributed by atoms with Gasteiger partial charge >= 0.3 is 0 Å². The minimum absolute atomic E-state index is 0. The lowest BCUT2D eigenvalue weighted by atomic mass is 9.94. The quantitative estimate of drug-likeness (QED) is 0.0346. The van der Waals surface area contributed by atoms with Crippen LogP contribution in [0, 0.1) is 0 Å². The number of hydrogen-bond donors (Lipinski definition) is 0. The number of hydrogen-bond acceptors (Lipinski definition) is 3. The van der Waals surface area contributed by atoms with Crippen LogP contribution in [0.3, 0.4) is 0 Å². The summed E-state index contributed by atoms with van der Waals surface area (Å²) in [6.07, 6.45) is 114. The van der Waals surface area contributed by atoms with E-state index in [-0.39, 0.29) is 24.0 Å². The van der Waals surface area contributed by atoms with Gasteiger partial charge in [-0.05, 0) is 104 Å². The third kappa shape index (κ3) is 87.5. The van der Waals surface area contributed by atoms with Gasteiger partial charge in [-0.3, -0.25) is 0 Å². The van der Waals surface area contributed by atoms with Gasteiger partial charge in [-0.1, -0.05) is 473 Å². The van der Waals surface area contributed by atoms with Crippen LogP contribution in [0.15, 0.2) is 0 Å². The first-order valence-corrected chi connectivity index (χ1v) is 60.9. The maximum Gasteiger partial charge on any atom is 0.0763 e. The summed E-state index contributed by atoms with van der Waals surface area (Å²) in [4.78, 5) is 18.2. The van der Waals surface area contributed by atoms with Crippen molar-refractivity contribution in [2.75, 3.05) is 66.6 Å². The van der Waals surface area contributed by atoms with E-state index >= 15 is 0 Å². The molecule has 0 aromatic rings. The predicted octanol–water partition coefficient (Wildman–Crippen LogP) is 34.0. The fourth-order valence-corrected chi connectivity index (χ4v) is 21.4. The second kappa shape index (κ2) is 85.6. The second-order valence-corrected chi connectivity index (χ2v) is 56.0. The molecule has 0 amide bonds. The van der Waals surface area contributed by atoms with Crippen molar-refractivity contribution in [1.82, 2.24) is 0 Å². The van der Waals surface area contributed by atoms with Crippen LogP contribution in [0.5, 0.6) is 0 Å². The molecule has 3 nitrogen and oxygen atoms in total. The molecule has 0 heterocycles. The minimum atomic E-state index is -4.14. The summed E-state index contributed by atoms with van der Waals surface area (Å²) in [5.74, 6) is 0. The van der Waals surface area contributed by atoms with Crippen LogP contribution >= 0.6 is 29.4 Å². The Balaban J connectivity index is -0.000000473. The molecule has 0 unspecified atom stereocenters. The van der Waals surface area contributed by atoms with Crippen molar-refractivity contribution in [1.29, 1.82) is 0 Å². The Bertz CT molecular complexity index is 1460. The molecule has 0 rings (SSSR count). The Morgan fingerprint density at radius 1 is 0.185 bits per heavy atom. The summed E-state index contributed by atoms with van der Waals surface area (Å²) in [7, 11) is -6.55. The van der Waals surface area contributed by atoms with Gasteiger partial charge in [-0.2, -0.15) is 0 Å². The van der Waals surface area contributed by atoms with Gasteiger partial charge < -0.3 is 38.3 Å². The van der Waals surface area contributed by atoms with E-state index in [0.717, 1.165) is 0 Å². The first-order chi connectivity index (χ1) is 51.1. The van der Waals surface area contributed by atoms with Crippen LogP contribution in [0.1, 0.15) is 563 Å². The Morgan fingerprint density at radius 2 is 0.250 bits per heavy atom. The molecule has 0 aliphatic rings. The summed E-state index contributed by atoms with van der Waals surface area (Å²) in [5, 5.41) is 1.89. The number of unbranched alkanes of at least 4 members (excludes halogenated alkanes) is 66. The molecule has 0 saturated heterocycles. The third-order valence-corrected chi connectivity index (χ3v) is 37.3. The summed E-state index contributed by atoms with van der Waals surface area (Å²) in [6, 6.07) is 0. The van der Waals surface area contributed by atoms with Gasteiger partial charge in [0.2, 0.25) is 0 Å². The van der Waals surface area contributed by atoms with Gasteiger partial charge in [0.1, 0.15) is 0 Å². The van der Waals surface area contributed by atoms with Crippen molar-refractivity contribution in [2.45, 2.75) is 579 Å². The van der Waals surface area contributed by atoms with Gasteiger partial charge in [-0.25, -0.2) is 0 Å². The molecule has 8 heteroatoms. The zero-order valence-corrected chi connectivity index (χ0v) is 84.8. The Hall–Kier alpha value is 2.17. The standard InChI is InChI=1S/3C33H70P.CH5O3P.HI/c3*1-7-9-11-13-15-17-19-21-23-25-27-29-31-33(3,34(4,5)6)32-30-28-26-24-22-20-18-16-14-12-10-8-2;1-5(2,3)4;/h3*7-32H2,1-6H3;1H3,(H2,2,3,4);1H/q3*+1;;/p-3. The summed E-state index contributed by atoms with van der Waals surface area (Å²) in [5.41, 5.74) is 0. The highest BCUT2D eigenvalue weighted by molar-refractivity contribution is 7.75. The molecular formula is C100H213IO3P4. The van der Waals surface area contributed by atoms with E-state index in [9.17, 15) is 0 Å². The molecular weight excluding hydrogens is 1500 g/mol. The first-order valence-electron chi connectivity index (χ1n) is 49.6.